The first-order chi connectivity index (χ1) is 18.7. The number of carbonyl (C=O) groups is 1. The van der Waals surface area contributed by atoms with Gasteiger partial charge in [-0.2, -0.15) is 0 Å². The maximum absolute atomic E-state index is 13.4. The third kappa shape index (κ3) is 4.63. The van der Waals surface area contributed by atoms with E-state index in [1.165, 1.54) is 0 Å². The Kier molecular flexibility index (Phi) is 7.29. The third-order valence-corrected chi connectivity index (χ3v) is 8.49. The van der Waals surface area contributed by atoms with Gasteiger partial charge in [0.15, 0.2) is 0 Å². The Morgan fingerprint density at radius 1 is 0.872 bits per heavy atom. The highest BCUT2D eigenvalue weighted by Crippen LogP contribution is 2.59. The van der Waals surface area contributed by atoms with E-state index in [9.17, 15) is 9.90 Å². The minimum Gasteiger partial charge on any atom is -0.507 e. The molecule has 0 saturated carbocycles. The Bertz CT molecular complexity index is 1560. The number of esters is 1. The zero-order valence-corrected chi connectivity index (χ0v) is 24.0. The molecule has 0 bridgehead atoms. The number of aromatic hydroxyl groups is 1. The topological polar surface area (TPSA) is 74.2 Å². The van der Waals surface area contributed by atoms with Crippen LogP contribution in [0.15, 0.2) is 53.4 Å². The third-order valence-electron chi connectivity index (χ3n) is 7.19. The summed E-state index contributed by atoms with van der Waals surface area (Å²) in [6, 6.07) is 15.8. The fourth-order valence-corrected chi connectivity index (χ4v) is 6.66. The van der Waals surface area contributed by atoms with Crippen LogP contribution in [0.4, 0.5) is 0 Å². The molecule has 0 heterocycles. The Hall–Kier alpha value is -3.58. The van der Waals surface area contributed by atoms with Crippen molar-refractivity contribution in [3.05, 3.63) is 59.7 Å². The quantitative estimate of drug-likeness (QED) is 0.150. The number of rotatable bonds is 6. The van der Waals surface area contributed by atoms with E-state index in [1.807, 2.05) is 57.2 Å². The second-order valence-electron chi connectivity index (χ2n) is 10.7. The molecule has 5 rings (SSSR count). The van der Waals surface area contributed by atoms with Gasteiger partial charge in [0.2, 0.25) is 0 Å². The van der Waals surface area contributed by atoms with E-state index >= 15 is 0 Å². The minimum atomic E-state index is -0.735. The summed E-state index contributed by atoms with van der Waals surface area (Å²) in [5, 5.41) is 14.4. The number of fused-ring (bicyclic) bond motifs is 3. The summed E-state index contributed by atoms with van der Waals surface area (Å²) >= 11 is 1.70. The van der Waals surface area contributed by atoms with Crippen LogP contribution in [0.3, 0.4) is 0 Å². The second-order valence-corrected chi connectivity index (χ2v) is 12.0. The van der Waals surface area contributed by atoms with Crippen LogP contribution in [-0.4, -0.2) is 32.4 Å². The van der Waals surface area contributed by atoms with E-state index in [4.69, 9.17) is 18.9 Å². The summed E-state index contributed by atoms with van der Waals surface area (Å²) < 4.78 is 24.0. The Labute approximate surface area is 233 Å². The van der Waals surface area contributed by atoms with Crippen LogP contribution in [0.5, 0.6) is 28.7 Å². The van der Waals surface area contributed by atoms with Crippen LogP contribution < -0.4 is 18.9 Å². The zero-order valence-electron chi connectivity index (χ0n) is 23.2. The largest absolute Gasteiger partial charge is 0.507 e. The molecule has 1 unspecified atom stereocenters. The second kappa shape index (κ2) is 10.5. The van der Waals surface area contributed by atoms with Crippen molar-refractivity contribution in [3.8, 4) is 28.7 Å². The SMILES string of the molecule is COc1cccc2c(OC)c3c(OC(=O)C(C)(C)C)c4c(c(O)c3c(OC)c12)C(Sc1ccccc1)CCC4. The molecular weight excluding hydrogens is 512 g/mol. The van der Waals surface area contributed by atoms with E-state index in [0.717, 1.165) is 34.3 Å². The first kappa shape index (κ1) is 27.0. The summed E-state index contributed by atoms with van der Waals surface area (Å²) in [6.07, 6.45) is 2.43. The summed E-state index contributed by atoms with van der Waals surface area (Å²) in [5.74, 6) is 1.71. The number of carbonyl (C=O) groups excluding carboxylic acids is 1. The van der Waals surface area contributed by atoms with Gasteiger partial charge in [0, 0.05) is 26.7 Å². The van der Waals surface area contributed by atoms with Crippen molar-refractivity contribution >= 4 is 39.3 Å². The van der Waals surface area contributed by atoms with Gasteiger partial charge in [-0.05, 0) is 58.2 Å². The van der Waals surface area contributed by atoms with E-state index in [1.54, 1.807) is 33.1 Å². The fourth-order valence-electron chi connectivity index (χ4n) is 5.36. The summed E-state index contributed by atoms with van der Waals surface area (Å²) in [7, 11) is 4.75. The van der Waals surface area contributed by atoms with Crippen molar-refractivity contribution in [1.29, 1.82) is 0 Å². The van der Waals surface area contributed by atoms with Gasteiger partial charge < -0.3 is 24.1 Å². The molecule has 0 aliphatic heterocycles. The van der Waals surface area contributed by atoms with E-state index in [2.05, 4.69) is 12.1 Å². The molecule has 7 heteroatoms. The maximum Gasteiger partial charge on any atom is 0.316 e. The number of phenols is 1. The van der Waals surface area contributed by atoms with Crippen molar-refractivity contribution < 1.29 is 28.8 Å². The Balaban J connectivity index is 1.93. The molecule has 39 heavy (non-hydrogen) atoms. The van der Waals surface area contributed by atoms with Gasteiger partial charge in [-0.1, -0.05) is 30.3 Å². The zero-order chi connectivity index (χ0) is 27.9. The lowest BCUT2D eigenvalue weighted by atomic mass is 9.85. The highest BCUT2D eigenvalue weighted by molar-refractivity contribution is 7.99. The molecule has 1 atom stereocenters. The molecule has 4 aromatic carbocycles. The molecule has 204 valence electrons. The normalized spacial score (nSPS) is 15.2. The molecule has 4 aromatic rings. The Morgan fingerprint density at radius 2 is 1.59 bits per heavy atom. The molecule has 1 aliphatic carbocycles. The monoisotopic (exact) mass is 546 g/mol. The molecule has 1 aliphatic rings. The summed E-state index contributed by atoms with van der Waals surface area (Å²) in [5.41, 5.74) is 0.871. The van der Waals surface area contributed by atoms with Crippen molar-refractivity contribution in [2.45, 2.75) is 50.2 Å². The average molecular weight is 547 g/mol. The first-order valence-electron chi connectivity index (χ1n) is 13.1. The fraction of sp³-hybridized carbons (Fsp3) is 0.344. The van der Waals surface area contributed by atoms with Crippen LogP contribution in [0.2, 0.25) is 0 Å². The van der Waals surface area contributed by atoms with Crippen LogP contribution in [0, 0.1) is 5.41 Å². The van der Waals surface area contributed by atoms with Gasteiger partial charge >= 0.3 is 5.97 Å². The number of hydrogen-bond donors (Lipinski definition) is 1. The van der Waals surface area contributed by atoms with Gasteiger partial charge in [-0.3, -0.25) is 4.79 Å². The van der Waals surface area contributed by atoms with Crippen molar-refractivity contribution in [3.63, 3.8) is 0 Å². The van der Waals surface area contributed by atoms with Crippen LogP contribution >= 0.6 is 11.8 Å². The van der Waals surface area contributed by atoms with Gasteiger partial charge in [-0.25, -0.2) is 0 Å². The molecule has 6 nitrogen and oxygen atoms in total. The summed E-state index contributed by atoms with van der Waals surface area (Å²) in [4.78, 5) is 14.5. The molecule has 0 saturated heterocycles. The molecule has 1 N–H and O–H groups in total. The minimum absolute atomic E-state index is 0.0447. The van der Waals surface area contributed by atoms with Gasteiger partial charge in [0.1, 0.15) is 28.7 Å². The number of methoxy groups -OCH3 is 3. The standard InChI is InChI=1S/C32H34O6S/c1-32(2,3)31(34)38-29-20-15-11-17-22(39-18-12-8-7-9-13-18)24(20)27(33)25-26(29)28(36-5)19-14-10-16-21(35-4)23(19)30(25)37-6/h7-10,12-14,16,22,33H,11,15,17H2,1-6H3. The van der Waals surface area contributed by atoms with E-state index in [0.29, 0.717) is 45.6 Å². The van der Waals surface area contributed by atoms with Crippen molar-refractivity contribution in [2.75, 3.05) is 21.3 Å². The molecule has 0 aromatic heterocycles. The molecule has 0 amide bonds. The number of benzene rings is 4. The van der Waals surface area contributed by atoms with Crippen molar-refractivity contribution in [1.82, 2.24) is 0 Å². The molecule has 0 fully saturated rings. The van der Waals surface area contributed by atoms with Crippen LogP contribution in [0.25, 0.3) is 21.5 Å². The molecular formula is C32H34O6S. The lowest BCUT2D eigenvalue weighted by Crippen LogP contribution is -2.26. The Morgan fingerprint density at radius 3 is 2.23 bits per heavy atom. The van der Waals surface area contributed by atoms with E-state index < -0.39 is 5.41 Å². The predicted molar refractivity (Wildman–Crippen MR) is 156 cm³/mol. The number of phenolic OH excluding ortho intramolecular Hbond substituents is 1. The highest BCUT2D eigenvalue weighted by atomic mass is 32.2. The lowest BCUT2D eigenvalue weighted by Gasteiger charge is -2.31. The lowest BCUT2D eigenvalue weighted by molar-refractivity contribution is -0.142. The van der Waals surface area contributed by atoms with Gasteiger partial charge in [0.05, 0.1) is 42.9 Å². The maximum atomic E-state index is 13.4. The van der Waals surface area contributed by atoms with Crippen LogP contribution in [0.1, 0.15) is 50.0 Å². The molecule has 0 radical (unpaired) electrons. The predicted octanol–water partition coefficient (Wildman–Crippen LogP) is 7.85. The summed E-state index contributed by atoms with van der Waals surface area (Å²) in [6.45, 7) is 5.49. The average Bonchev–Trinajstić information content (AvgIpc) is 2.93. The highest BCUT2D eigenvalue weighted by Gasteiger charge is 2.36. The van der Waals surface area contributed by atoms with Crippen LogP contribution in [-0.2, 0) is 11.2 Å². The smallest absolute Gasteiger partial charge is 0.316 e. The van der Waals surface area contributed by atoms with Gasteiger partial charge in [-0.15, -0.1) is 11.8 Å². The van der Waals surface area contributed by atoms with Gasteiger partial charge in [0.25, 0.3) is 0 Å². The number of hydrogen-bond acceptors (Lipinski definition) is 7. The van der Waals surface area contributed by atoms with Crippen molar-refractivity contribution in [2.24, 2.45) is 5.41 Å². The molecule has 0 spiro atoms. The number of thioether (sulfide) groups is 1. The first-order valence-corrected chi connectivity index (χ1v) is 13.9. The van der Waals surface area contributed by atoms with E-state index in [-0.39, 0.29) is 17.0 Å². The number of ether oxygens (including phenoxy) is 4.